The van der Waals surface area contributed by atoms with Crippen LogP contribution in [-0.2, 0) is 6.54 Å². The van der Waals surface area contributed by atoms with Crippen molar-refractivity contribution in [3.05, 3.63) is 41.0 Å². The topological polar surface area (TPSA) is 53.1 Å². The van der Waals surface area contributed by atoms with E-state index in [-0.39, 0.29) is 0 Å². The Morgan fingerprint density at radius 1 is 1.41 bits per heavy atom. The third-order valence-corrected chi connectivity index (χ3v) is 2.64. The zero-order valence-corrected chi connectivity index (χ0v) is 10.3. The van der Waals surface area contributed by atoms with Gasteiger partial charge in [-0.2, -0.15) is 5.10 Å². The predicted octanol–water partition coefficient (Wildman–Crippen LogP) is 2.51. The lowest BCUT2D eigenvalue weighted by Gasteiger charge is -2.08. The Morgan fingerprint density at radius 2 is 2.24 bits per heavy atom. The van der Waals surface area contributed by atoms with Crippen LogP contribution in [0.25, 0.3) is 0 Å². The summed E-state index contributed by atoms with van der Waals surface area (Å²) >= 11 is 6.01. The van der Waals surface area contributed by atoms with Gasteiger partial charge in [-0.15, -0.1) is 0 Å². The first-order valence-electron chi connectivity index (χ1n) is 5.33. The number of benzene rings is 1. The fraction of sp³-hybridized carbons (Fsp3) is 0.250. The average Bonchev–Trinajstić information content (AvgIpc) is 2.69. The maximum atomic E-state index is 6.01. The minimum absolute atomic E-state index is 0.504. The first-order chi connectivity index (χ1) is 8.15. The van der Waals surface area contributed by atoms with Crippen LogP contribution in [0, 0.1) is 6.92 Å². The smallest absolute Gasteiger partial charge is 0.145 e. The Morgan fingerprint density at radius 3 is 2.94 bits per heavy atom. The molecule has 17 heavy (non-hydrogen) atoms. The normalized spacial score (nSPS) is 10.5. The van der Waals surface area contributed by atoms with Gasteiger partial charge in [-0.1, -0.05) is 17.7 Å². The highest BCUT2D eigenvalue weighted by Crippen LogP contribution is 2.25. The van der Waals surface area contributed by atoms with Crippen LogP contribution in [0.15, 0.2) is 30.5 Å². The van der Waals surface area contributed by atoms with Gasteiger partial charge in [-0.25, -0.2) is 0 Å². The van der Waals surface area contributed by atoms with Crippen molar-refractivity contribution in [2.75, 3.05) is 12.3 Å². The van der Waals surface area contributed by atoms with E-state index in [9.17, 15) is 0 Å². The highest BCUT2D eigenvalue weighted by atomic mass is 35.5. The molecule has 4 nitrogen and oxygen atoms in total. The summed E-state index contributed by atoms with van der Waals surface area (Å²) in [7, 11) is 0. The molecule has 0 saturated heterocycles. The van der Waals surface area contributed by atoms with Crippen LogP contribution in [-0.4, -0.2) is 16.4 Å². The average molecular weight is 252 g/mol. The molecule has 5 heteroatoms. The standard InChI is InChI=1S/C12H14ClN3O/c1-9-2-3-10(13)11(8-9)17-7-6-16-5-4-12(14)15-16/h2-5,8H,6-7H2,1H3,(H2,14,15). The van der Waals surface area contributed by atoms with Crippen LogP contribution >= 0.6 is 11.6 Å². The van der Waals surface area contributed by atoms with Gasteiger partial charge in [0.15, 0.2) is 0 Å². The number of hydrogen-bond donors (Lipinski definition) is 1. The molecule has 0 amide bonds. The van der Waals surface area contributed by atoms with E-state index in [4.69, 9.17) is 22.1 Å². The summed E-state index contributed by atoms with van der Waals surface area (Å²) in [5, 5.41) is 4.68. The first-order valence-corrected chi connectivity index (χ1v) is 5.71. The highest BCUT2D eigenvalue weighted by molar-refractivity contribution is 6.32. The molecular formula is C12H14ClN3O. The number of halogens is 1. The molecule has 0 aliphatic rings. The minimum atomic E-state index is 0.504. The van der Waals surface area contributed by atoms with Crippen molar-refractivity contribution in [1.29, 1.82) is 0 Å². The summed E-state index contributed by atoms with van der Waals surface area (Å²) in [6.07, 6.45) is 1.82. The summed E-state index contributed by atoms with van der Waals surface area (Å²) in [6.45, 7) is 3.14. The molecular weight excluding hydrogens is 238 g/mol. The van der Waals surface area contributed by atoms with E-state index in [1.807, 2.05) is 31.3 Å². The number of nitrogens with two attached hydrogens (primary N) is 1. The minimum Gasteiger partial charge on any atom is -0.490 e. The van der Waals surface area contributed by atoms with Crippen LogP contribution in [0.3, 0.4) is 0 Å². The number of nitrogen functional groups attached to an aromatic ring is 1. The molecule has 1 aromatic heterocycles. The second kappa shape index (κ2) is 5.10. The van der Waals surface area contributed by atoms with Gasteiger partial charge in [0, 0.05) is 6.20 Å². The number of rotatable bonds is 4. The predicted molar refractivity (Wildman–Crippen MR) is 68.3 cm³/mol. The number of nitrogens with zero attached hydrogens (tertiary/aromatic N) is 2. The molecule has 0 spiro atoms. The summed E-state index contributed by atoms with van der Waals surface area (Å²) < 4.78 is 7.33. The van der Waals surface area contributed by atoms with E-state index in [1.165, 1.54) is 0 Å². The van der Waals surface area contributed by atoms with Crippen molar-refractivity contribution < 1.29 is 4.74 Å². The van der Waals surface area contributed by atoms with Gasteiger partial charge in [0.25, 0.3) is 0 Å². The Bertz CT molecular complexity index is 510. The molecule has 0 saturated carbocycles. The van der Waals surface area contributed by atoms with Crippen LogP contribution in [0.5, 0.6) is 5.75 Å². The quantitative estimate of drug-likeness (QED) is 0.908. The summed E-state index contributed by atoms with van der Waals surface area (Å²) in [4.78, 5) is 0. The summed E-state index contributed by atoms with van der Waals surface area (Å²) in [5.74, 6) is 1.21. The first kappa shape index (κ1) is 11.8. The number of aromatic nitrogens is 2. The van der Waals surface area contributed by atoms with Gasteiger partial charge in [0.1, 0.15) is 18.2 Å². The van der Waals surface area contributed by atoms with Gasteiger partial charge in [-0.05, 0) is 30.7 Å². The fourth-order valence-electron chi connectivity index (χ4n) is 1.47. The third kappa shape index (κ3) is 3.14. The number of aryl methyl sites for hydroxylation is 1. The number of anilines is 1. The summed E-state index contributed by atoms with van der Waals surface area (Å²) in [5.41, 5.74) is 6.63. The van der Waals surface area contributed by atoms with Crippen LogP contribution in [0.1, 0.15) is 5.56 Å². The zero-order chi connectivity index (χ0) is 12.3. The lowest BCUT2D eigenvalue weighted by atomic mass is 10.2. The van der Waals surface area contributed by atoms with Crippen molar-refractivity contribution in [2.45, 2.75) is 13.5 Å². The van der Waals surface area contributed by atoms with Crippen LogP contribution in [0.4, 0.5) is 5.82 Å². The van der Waals surface area contributed by atoms with Crippen LogP contribution in [0.2, 0.25) is 5.02 Å². The molecule has 1 heterocycles. The summed E-state index contributed by atoms with van der Waals surface area (Å²) in [6, 6.07) is 7.45. The third-order valence-electron chi connectivity index (χ3n) is 2.33. The van der Waals surface area contributed by atoms with E-state index in [2.05, 4.69) is 5.10 Å². The highest BCUT2D eigenvalue weighted by Gasteiger charge is 2.02. The molecule has 2 N–H and O–H groups in total. The van der Waals surface area contributed by atoms with Crippen molar-refractivity contribution in [1.82, 2.24) is 9.78 Å². The lowest BCUT2D eigenvalue weighted by molar-refractivity contribution is 0.291. The van der Waals surface area contributed by atoms with Crippen molar-refractivity contribution in [2.24, 2.45) is 0 Å². The Balaban J connectivity index is 1.91. The second-order valence-electron chi connectivity index (χ2n) is 3.79. The fourth-order valence-corrected chi connectivity index (χ4v) is 1.64. The maximum absolute atomic E-state index is 6.01. The number of ether oxygens (including phenoxy) is 1. The molecule has 0 atom stereocenters. The van der Waals surface area contributed by atoms with E-state index in [0.29, 0.717) is 29.7 Å². The molecule has 0 fully saturated rings. The monoisotopic (exact) mass is 251 g/mol. The Kier molecular flexibility index (Phi) is 3.54. The van der Waals surface area contributed by atoms with Gasteiger partial charge in [0.2, 0.25) is 0 Å². The molecule has 0 bridgehead atoms. The molecule has 2 rings (SSSR count). The maximum Gasteiger partial charge on any atom is 0.145 e. The largest absolute Gasteiger partial charge is 0.490 e. The van der Waals surface area contributed by atoms with Gasteiger partial charge < -0.3 is 10.5 Å². The SMILES string of the molecule is Cc1ccc(Cl)c(OCCn2ccc(N)n2)c1. The molecule has 1 aromatic carbocycles. The van der Waals surface area contributed by atoms with Crippen molar-refractivity contribution in [3.63, 3.8) is 0 Å². The Hall–Kier alpha value is -1.68. The van der Waals surface area contributed by atoms with E-state index >= 15 is 0 Å². The number of hydrogen-bond acceptors (Lipinski definition) is 3. The zero-order valence-electron chi connectivity index (χ0n) is 9.56. The molecule has 2 aromatic rings. The second-order valence-corrected chi connectivity index (χ2v) is 4.19. The van der Waals surface area contributed by atoms with Crippen molar-refractivity contribution in [3.8, 4) is 5.75 Å². The molecule has 0 radical (unpaired) electrons. The van der Waals surface area contributed by atoms with E-state index in [0.717, 1.165) is 5.56 Å². The molecule has 0 aliphatic heterocycles. The van der Waals surface area contributed by atoms with Gasteiger partial charge >= 0.3 is 0 Å². The van der Waals surface area contributed by atoms with Gasteiger partial charge in [0.05, 0.1) is 11.6 Å². The van der Waals surface area contributed by atoms with Gasteiger partial charge in [-0.3, -0.25) is 4.68 Å². The van der Waals surface area contributed by atoms with Crippen LogP contribution < -0.4 is 10.5 Å². The molecule has 90 valence electrons. The molecule has 0 aliphatic carbocycles. The van der Waals surface area contributed by atoms with Crippen molar-refractivity contribution >= 4 is 17.4 Å². The lowest BCUT2D eigenvalue weighted by Crippen LogP contribution is -2.09. The Labute approximate surface area is 105 Å². The molecule has 0 unspecified atom stereocenters. The van der Waals surface area contributed by atoms with E-state index in [1.54, 1.807) is 10.7 Å². The van der Waals surface area contributed by atoms with E-state index < -0.39 is 0 Å².